The summed E-state index contributed by atoms with van der Waals surface area (Å²) >= 11 is 5.87. The van der Waals surface area contributed by atoms with Crippen molar-refractivity contribution in [3.8, 4) is 5.75 Å². The summed E-state index contributed by atoms with van der Waals surface area (Å²) in [6.07, 6.45) is -0.890. The summed E-state index contributed by atoms with van der Waals surface area (Å²) < 4.78 is 5.53. The minimum absolute atomic E-state index is 0.300. The van der Waals surface area contributed by atoms with Gasteiger partial charge in [-0.15, -0.1) is 0 Å². The first-order valence-electron chi connectivity index (χ1n) is 5.90. The van der Waals surface area contributed by atoms with Gasteiger partial charge in [0, 0.05) is 10.6 Å². The number of hydrogen-bond acceptors (Lipinski definition) is 2. The Morgan fingerprint density at radius 2 is 1.79 bits per heavy atom. The molecule has 0 aliphatic carbocycles. The molecule has 19 heavy (non-hydrogen) atoms. The smallest absolute Gasteiger partial charge is 0.345 e. The van der Waals surface area contributed by atoms with Crippen LogP contribution in [0.2, 0.25) is 5.02 Å². The van der Waals surface area contributed by atoms with Crippen molar-refractivity contribution in [1.29, 1.82) is 0 Å². The number of halogens is 1. The Balaban J connectivity index is 2.09. The van der Waals surface area contributed by atoms with Gasteiger partial charge in [-0.2, -0.15) is 0 Å². The monoisotopic (exact) mass is 274 g/mol. The van der Waals surface area contributed by atoms with Gasteiger partial charge in [-0.25, -0.2) is 4.79 Å². The van der Waals surface area contributed by atoms with Gasteiger partial charge in [-0.3, -0.25) is 0 Å². The summed E-state index contributed by atoms with van der Waals surface area (Å²) in [5.74, 6) is -0.628. The molecule has 0 aromatic heterocycles. The maximum absolute atomic E-state index is 11.4. The molecule has 4 heteroatoms. The van der Waals surface area contributed by atoms with Gasteiger partial charge in [-0.05, 0) is 23.8 Å². The minimum Gasteiger partial charge on any atom is -0.478 e. The molecule has 1 N–H and O–H groups in total. The van der Waals surface area contributed by atoms with E-state index in [0.717, 1.165) is 11.1 Å². The van der Waals surface area contributed by atoms with Crippen molar-refractivity contribution >= 4 is 17.6 Å². The molecule has 1 aliphatic rings. The highest BCUT2D eigenvalue weighted by Crippen LogP contribution is 2.42. The fourth-order valence-electron chi connectivity index (χ4n) is 2.43. The van der Waals surface area contributed by atoms with Crippen LogP contribution < -0.4 is 4.74 Å². The van der Waals surface area contributed by atoms with Crippen LogP contribution >= 0.6 is 11.6 Å². The average Bonchev–Trinajstić information content (AvgIpc) is 2.79. The summed E-state index contributed by atoms with van der Waals surface area (Å²) in [4.78, 5) is 11.4. The second-order valence-corrected chi connectivity index (χ2v) is 4.88. The molecule has 0 spiro atoms. The predicted molar refractivity (Wildman–Crippen MR) is 71.8 cm³/mol. The van der Waals surface area contributed by atoms with E-state index in [1.807, 2.05) is 30.3 Å². The number of ether oxygens (including phenoxy) is 1. The van der Waals surface area contributed by atoms with E-state index in [1.165, 1.54) is 0 Å². The van der Waals surface area contributed by atoms with Crippen LogP contribution in [0.1, 0.15) is 17.0 Å². The summed E-state index contributed by atoms with van der Waals surface area (Å²) in [5, 5.41) is 9.95. The van der Waals surface area contributed by atoms with Gasteiger partial charge in [0.2, 0.25) is 6.10 Å². The van der Waals surface area contributed by atoms with Crippen LogP contribution in [0.3, 0.4) is 0 Å². The second-order valence-electron chi connectivity index (χ2n) is 4.44. The Hall–Kier alpha value is -2.00. The van der Waals surface area contributed by atoms with Crippen LogP contribution in [-0.2, 0) is 4.79 Å². The van der Waals surface area contributed by atoms with Crippen molar-refractivity contribution in [2.75, 3.05) is 0 Å². The average molecular weight is 275 g/mol. The summed E-state index contributed by atoms with van der Waals surface area (Å²) in [6, 6.07) is 14.6. The third-order valence-electron chi connectivity index (χ3n) is 3.28. The first kappa shape index (κ1) is 12.1. The number of rotatable bonds is 2. The fraction of sp³-hybridized carbons (Fsp3) is 0.133. The molecule has 2 aromatic carbocycles. The van der Waals surface area contributed by atoms with Gasteiger partial charge >= 0.3 is 5.97 Å². The lowest BCUT2D eigenvalue weighted by Gasteiger charge is -2.15. The van der Waals surface area contributed by atoms with E-state index < -0.39 is 12.1 Å². The molecule has 2 aromatic rings. The van der Waals surface area contributed by atoms with E-state index in [0.29, 0.717) is 10.8 Å². The number of carbonyl (C=O) groups is 1. The lowest BCUT2D eigenvalue weighted by molar-refractivity contribution is -0.144. The Kier molecular flexibility index (Phi) is 2.91. The quantitative estimate of drug-likeness (QED) is 0.914. The molecule has 0 amide bonds. The van der Waals surface area contributed by atoms with Crippen LogP contribution in [0, 0.1) is 0 Å². The zero-order chi connectivity index (χ0) is 13.4. The molecule has 3 nitrogen and oxygen atoms in total. The third-order valence-corrected chi connectivity index (χ3v) is 3.54. The van der Waals surface area contributed by atoms with E-state index in [1.54, 1.807) is 18.2 Å². The molecule has 1 heterocycles. The minimum atomic E-state index is -0.962. The molecule has 2 atom stereocenters. The molecule has 0 bridgehead atoms. The normalized spacial score (nSPS) is 20.7. The Morgan fingerprint density at radius 3 is 2.47 bits per heavy atom. The van der Waals surface area contributed by atoms with Crippen molar-refractivity contribution < 1.29 is 14.6 Å². The Morgan fingerprint density at radius 1 is 1.11 bits per heavy atom. The van der Waals surface area contributed by atoms with Gasteiger partial charge in [0.1, 0.15) is 5.75 Å². The molecule has 0 saturated heterocycles. The molecule has 96 valence electrons. The number of para-hydroxylation sites is 1. The van der Waals surface area contributed by atoms with Crippen LogP contribution in [-0.4, -0.2) is 17.2 Å². The number of carboxylic acids is 1. The molecule has 0 fully saturated rings. The van der Waals surface area contributed by atoms with Crippen LogP contribution in [0.15, 0.2) is 48.5 Å². The van der Waals surface area contributed by atoms with E-state index in [4.69, 9.17) is 16.3 Å². The second kappa shape index (κ2) is 4.59. The van der Waals surface area contributed by atoms with Crippen molar-refractivity contribution in [1.82, 2.24) is 0 Å². The van der Waals surface area contributed by atoms with Crippen molar-refractivity contribution in [3.05, 3.63) is 64.7 Å². The number of aliphatic carboxylic acids is 1. The Bertz CT molecular complexity index is 622. The molecule has 0 saturated carbocycles. The van der Waals surface area contributed by atoms with Crippen LogP contribution in [0.4, 0.5) is 0 Å². The van der Waals surface area contributed by atoms with Crippen molar-refractivity contribution in [2.24, 2.45) is 0 Å². The van der Waals surface area contributed by atoms with Gasteiger partial charge < -0.3 is 9.84 Å². The third kappa shape index (κ3) is 2.06. The highest BCUT2D eigenvalue weighted by atomic mass is 35.5. The maximum atomic E-state index is 11.4. The summed E-state index contributed by atoms with van der Waals surface area (Å²) in [7, 11) is 0. The van der Waals surface area contributed by atoms with Crippen LogP contribution in [0.5, 0.6) is 5.75 Å². The van der Waals surface area contributed by atoms with E-state index >= 15 is 0 Å². The van der Waals surface area contributed by atoms with Gasteiger partial charge in [0.25, 0.3) is 0 Å². The maximum Gasteiger partial charge on any atom is 0.345 e. The van der Waals surface area contributed by atoms with Gasteiger partial charge in [-0.1, -0.05) is 41.9 Å². The largest absolute Gasteiger partial charge is 0.478 e. The number of fused-ring (bicyclic) bond motifs is 1. The van der Waals surface area contributed by atoms with E-state index in [-0.39, 0.29) is 5.92 Å². The van der Waals surface area contributed by atoms with Gasteiger partial charge in [0.15, 0.2) is 0 Å². The van der Waals surface area contributed by atoms with Crippen molar-refractivity contribution in [2.45, 2.75) is 12.0 Å². The zero-order valence-corrected chi connectivity index (χ0v) is 10.7. The lowest BCUT2D eigenvalue weighted by Crippen LogP contribution is -2.29. The summed E-state index contributed by atoms with van der Waals surface area (Å²) in [6.45, 7) is 0. The number of hydrogen-bond donors (Lipinski definition) is 1. The topological polar surface area (TPSA) is 46.5 Å². The van der Waals surface area contributed by atoms with E-state index in [9.17, 15) is 9.90 Å². The molecular formula is C15H11ClO3. The Labute approximate surface area is 115 Å². The molecular weight excluding hydrogens is 264 g/mol. The van der Waals surface area contributed by atoms with Gasteiger partial charge in [0.05, 0.1) is 5.92 Å². The highest BCUT2D eigenvalue weighted by molar-refractivity contribution is 6.30. The fourth-order valence-corrected chi connectivity index (χ4v) is 2.56. The van der Waals surface area contributed by atoms with E-state index in [2.05, 4.69) is 0 Å². The van der Waals surface area contributed by atoms with Crippen LogP contribution in [0.25, 0.3) is 0 Å². The molecule has 1 aliphatic heterocycles. The highest BCUT2D eigenvalue weighted by Gasteiger charge is 2.40. The summed E-state index contributed by atoms with van der Waals surface area (Å²) in [5.41, 5.74) is 1.79. The standard InChI is InChI=1S/C15H11ClO3/c16-10-7-5-9(6-8-10)13-11-3-1-2-4-12(11)19-14(13)15(17)18/h1-8,13-14H,(H,17,18)/t13-,14+/m1/s1. The number of benzene rings is 2. The lowest BCUT2D eigenvalue weighted by atomic mass is 9.88. The molecule has 3 rings (SSSR count). The molecule has 0 radical (unpaired) electrons. The predicted octanol–water partition coefficient (Wildman–Crippen LogP) is 3.32. The first-order valence-corrected chi connectivity index (χ1v) is 6.28. The SMILES string of the molecule is O=C(O)[C@H]1Oc2ccccc2[C@H]1c1ccc(Cl)cc1. The zero-order valence-electron chi connectivity index (χ0n) is 9.92. The molecule has 0 unspecified atom stereocenters. The van der Waals surface area contributed by atoms with Crippen molar-refractivity contribution in [3.63, 3.8) is 0 Å². The first-order chi connectivity index (χ1) is 9.16. The number of carboxylic acid groups (broad SMARTS) is 1.